The number of likely N-dealkylation sites (N-methyl/N-ethyl adjacent to an activating group) is 2. The number of carbonyl (C=O) groups is 2. The summed E-state index contributed by atoms with van der Waals surface area (Å²) in [6, 6.07) is 19.3. The van der Waals surface area contributed by atoms with E-state index < -0.39 is 11.9 Å². The molecular weight excluding hydrogens is 604 g/mol. The van der Waals surface area contributed by atoms with Gasteiger partial charge >= 0.3 is 11.9 Å². The highest BCUT2D eigenvalue weighted by molar-refractivity contribution is 6.20. The van der Waals surface area contributed by atoms with Gasteiger partial charge in [0.15, 0.2) is 0 Å². The Kier molecular flexibility index (Phi) is 8.52. The molecule has 3 aliphatic rings. The molecule has 1 saturated heterocycles. The molecule has 6 rings (SSSR count). The average molecular weight is 651 g/mol. The van der Waals surface area contributed by atoms with Gasteiger partial charge < -0.3 is 14.5 Å². The van der Waals surface area contributed by atoms with Crippen LogP contribution in [0.2, 0.25) is 0 Å². The lowest BCUT2D eigenvalue weighted by Gasteiger charge is -2.23. The van der Waals surface area contributed by atoms with Crippen molar-refractivity contribution in [2.24, 2.45) is 0 Å². The van der Waals surface area contributed by atoms with Gasteiger partial charge in [0, 0.05) is 47.7 Å². The lowest BCUT2D eigenvalue weighted by molar-refractivity contribution is -0.149. The second-order valence-electron chi connectivity index (χ2n) is 14.6. The van der Waals surface area contributed by atoms with Crippen LogP contribution in [0.4, 0.5) is 11.4 Å². The molecular formula is C44H46N2O3. The maximum atomic E-state index is 12.9. The smallest absolute Gasteiger partial charge is 0.346 e. The van der Waals surface area contributed by atoms with E-state index in [-0.39, 0.29) is 10.8 Å². The summed E-state index contributed by atoms with van der Waals surface area (Å²) in [7, 11) is 4.24. The van der Waals surface area contributed by atoms with Crippen molar-refractivity contribution in [3.63, 3.8) is 0 Å². The van der Waals surface area contributed by atoms with Crippen LogP contribution in [0.15, 0.2) is 107 Å². The molecule has 49 heavy (non-hydrogen) atoms. The number of allylic oxidation sites excluding steroid dienone is 7. The molecule has 3 aromatic rings. The van der Waals surface area contributed by atoms with Gasteiger partial charge in [-0.15, -0.1) is 0 Å². The molecule has 0 N–H and O–H groups in total. The van der Waals surface area contributed by atoms with E-state index >= 15 is 0 Å². The van der Waals surface area contributed by atoms with E-state index in [1.165, 1.54) is 33.9 Å². The Bertz CT molecular complexity index is 1980. The summed E-state index contributed by atoms with van der Waals surface area (Å²) in [5.41, 5.74) is 13.6. The van der Waals surface area contributed by atoms with Crippen molar-refractivity contribution >= 4 is 41.5 Å². The van der Waals surface area contributed by atoms with Gasteiger partial charge in [-0.3, -0.25) is 0 Å². The zero-order chi connectivity index (χ0) is 35.4. The summed E-state index contributed by atoms with van der Waals surface area (Å²) < 4.78 is 5.06. The van der Waals surface area contributed by atoms with E-state index in [9.17, 15) is 9.59 Å². The number of hydrogen-bond acceptors (Lipinski definition) is 5. The van der Waals surface area contributed by atoms with Crippen LogP contribution in [0.3, 0.4) is 0 Å². The number of esters is 2. The molecule has 0 bridgehead atoms. The number of rotatable bonds is 5. The molecule has 0 spiro atoms. The van der Waals surface area contributed by atoms with E-state index in [1.807, 2.05) is 19.9 Å². The molecule has 0 atom stereocenters. The van der Waals surface area contributed by atoms with Gasteiger partial charge in [0.1, 0.15) is 0 Å². The number of fused-ring (bicyclic) bond motifs is 2. The van der Waals surface area contributed by atoms with Crippen LogP contribution in [0.1, 0.15) is 80.5 Å². The molecule has 0 saturated carbocycles. The molecule has 3 aromatic carbocycles. The fraction of sp³-hybridized carbons (Fsp3) is 0.273. The first kappa shape index (κ1) is 33.7. The molecule has 5 nitrogen and oxygen atoms in total. The van der Waals surface area contributed by atoms with Gasteiger partial charge in [0.05, 0.1) is 11.1 Å². The minimum absolute atomic E-state index is 0.133. The molecule has 5 heteroatoms. The van der Waals surface area contributed by atoms with Crippen LogP contribution >= 0.6 is 0 Å². The van der Waals surface area contributed by atoms with Crippen LogP contribution in [0, 0.1) is 13.8 Å². The van der Waals surface area contributed by atoms with Crippen molar-refractivity contribution in [2.75, 3.05) is 23.9 Å². The Balaban J connectivity index is 1.45. The molecule has 0 amide bonds. The second kappa shape index (κ2) is 12.4. The summed E-state index contributed by atoms with van der Waals surface area (Å²) in [5.74, 6) is -1.20. The van der Waals surface area contributed by atoms with Gasteiger partial charge in [-0.1, -0.05) is 94.0 Å². The van der Waals surface area contributed by atoms with Gasteiger partial charge in [-0.05, 0) is 103 Å². The summed E-state index contributed by atoms with van der Waals surface area (Å²) in [6.45, 7) is 16.8. The SMILES string of the molecule is CC(C)=C1C(=O)OC(=O)/C1=C/c1c(C)c(/C=C/C=C2\N(C)c3ccccc3C2(C)C)cc(/C=C/C=C2\N(C)c3ccccc3C2(C)C)c1C. The Hall–Kier alpha value is -5.16. The second-order valence-corrected chi connectivity index (χ2v) is 14.6. The molecule has 1 fully saturated rings. The standard InChI is InChI=1S/C44H46N2O3/c1-27(2)40-33(41(47)49-42(40)48)26-32-28(3)30(17-15-23-38-43(5,6)34-19-11-13-21-36(34)45(38)9)25-31(29(32)4)18-16-24-39-44(7,8)35-20-12-14-22-37(35)46(39)10/h11-26H,1-10H3/b17-15+,18-16+,33-26+,38-23-,39-24-. The largest absolute Gasteiger partial charge is 0.386 e. The minimum atomic E-state index is -0.607. The minimum Gasteiger partial charge on any atom is -0.386 e. The molecule has 0 radical (unpaired) electrons. The summed E-state index contributed by atoms with van der Waals surface area (Å²) in [5, 5.41) is 0. The Labute approximate surface area is 291 Å². The number of benzene rings is 3. The predicted molar refractivity (Wildman–Crippen MR) is 203 cm³/mol. The third kappa shape index (κ3) is 5.61. The van der Waals surface area contributed by atoms with Crippen molar-refractivity contribution < 1.29 is 14.3 Å². The topological polar surface area (TPSA) is 49.9 Å². The Morgan fingerprint density at radius 3 is 1.57 bits per heavy atom. The van der Waals surface area contributed by atoms with Crippen molar-refractivity contribution in [3.05, 3.63) is 146 Å². The third-order valence-corrected chi connectivity index (χ3v) is 10.6. The number of cyclic esters (lactones) is 2. The van der Waals surface area contributed by atoms with Gasteiger partial charge in [-0.2, -0.15) is 0 Å². The fourth-order valence-corrected chi connectivity index (χ4v) is 7.78. The maximum Gasteiger partial charge on any atom is 0.346 e. The van der Waals surface area contributed by atoms with Gasteiger partial charge in [-0.25, -0.2) is 9.59 Å². The highest BCUT2D eigenvalue weighted by Crippen LogP contribution is 2.48. The van der Waals surface area contributed by atoms with E-state index in [0.29, 0.717) is 11.1 Å². The normalized spacial score (nSPS) is 20.4. The summed E-state index contributed by atoms with van der Waals surface area (Å²) in [6.07, 6.45) is 14.7. The number of anilines is 2. The molecule has 0 aliphatic carbocycles. The Morgan fingerprint density at radius 1 is 0.694 bits per heavy atom. The zero-order valence-electron chi connectivity index (χ0n) is 30.4. The van der Waals surface area contributed by atoms with Crippen molar-refractivity contribution in [3.8, 4) is 0 Å². The number of nitrogens with zero attached hydrogens (tertiary/aromatic N) is 2. The molecule has 250 valence electrons. The maximum absolute atomic E-state index is 12.9. The highest BCUT2D eigenvalue weighted by atomic mass is 16.6. The van der Waals surface area contributed by atoms with Crippen LogP contribution in [0.5, 0.6) is 0 Å². The summed E-state index contributed by atoms with van der Waals surface area (Å²) in [4.78, 5) is 30.0. The summed E-state index contributed by atoms with van der Waals surface area (Å²) >= 11 is 0. The first-order chi connectivity index (χ1) is 23.2. The van der Waals surface area contributed by atoms with Crippen LogP contribution < -0.4 is 9.80 Å². The fourth-order valence-electron chi connectivity index (χ4n) is 7.78. The first-order valence-electron chi connectivity index (χ1n) is 16.9. The van der Waals surface area contributed by atoms with Crippen molar-refractivity contribution in [1.82, 2.24) is 0 Å². The van der Waals surface area contributed by atoms with Crippen LogP contribution in [-0.4, -0.2) is 26.0 Å². The van der Waals surface area contributed by atoms with E-state index in [2.05, 4.69) is 156 Å². The zero-order valence-corrected chi connectivity index (χ0v) is 30.4. The first-order valence-corrected chi connectivity index (χ1v) is 16.9. The predicted octanol–water partition coefficient (Wildman–Crippen LogP) is 9.76. The van der Waals surface area contributed by atoms with Crippen molar-refractivity contribution in [1.29, 1.82) is 0 Å². The van der Waals surface area contributed by atoms with Crippen LogP contribution in [-0.2, 0) is 25.2 Å². The molecule has 3 aliphatic heterocycles. The molecule has 0 aromatic heterocycles. The van der Waals surface area contributed by atoms with Crippen molar-refractivity contribution in [2.45, 2.75) is 66.2 Å². The van der Waals surface area contributed by atoms with Gasteiger partial charge in [0.2, 0.25) is 0 Å². The number of carbonyl (C=O) groups excluding carboxylic acids is 2. The highest BCUT2D eigenvalue weighted by Gasteiger charge is 2.39. The number of ether oxygens (including phenoxy) is 1. The number of hydrogen-bond donors (Lipinski definition) is 0. The third-order valence-electron chi connectivity index (χ3n) is 10.6. The quantitative estimate of drug-likeness (QED) is 0.156. The van der Waals surface area contributed by atoms with E-state index in [4.69, 9.17) is 4.74 Å². The molecule has 3 heterocycles. The average Bonchev–Trinajstić information content (AvgIpc) is 3.53. The van der Waals surface area contributed by atoms with E-state index in [1.54, 1.807) is 0 Å². The van der Waals surface area contributed by atoms with Gasteiger partial charge in [0.25, 0.3) is 0 Å². The van der Waals surface area contributed by atoms with E-state index in [0.717, 1.165) is 33.4 Å². The lowest BCUT2D eigenvalue weighted by Crippen LogP contribution is -2.22. The number of para-hydroxylation sites is 2. The monoisotopic (exact) mass is 650 g/mol. The lowest BCUT2D eigenvalue weighted by atomic mass is 9.83. The van der Waals surface area contributed by atoms with Crippen LogP contribution in [0.25, 0.3) is 18.2 Å². The Morgan fingerprint density at radius 2 is 1.14 bits per heavy atom. The molecule has 0 unspecified atom stereocenters.